The zero-order valence-corrected chi connectivity index (χ0v) is 13.2. The van der Waals surface area contributed by atoms with Crippen LogP contribution in [0, 0.1) is 5.82 Å². The van der Waals surface area contributed by atoms with E-state index in [4.69, 9.17) is 27.9 Å². The molecule has 0 atom stereocenters. The zero-order valence-electron chi connectivity index (χ0n) is 9.25. The second kappa shape index (κ2) is 6.22. The Kier molecular flexibility index (Phi) is 4.84. The van der Waals surface area contributed by atoms with Gasteiger partial charge >= 0.3 is 0 Å². The lowest BCUT2D eigenvalue weighted by atomic mass is 10.2. The summed E-state index contributed by atoms with van der Waals surface area (Å²) in [6, 6.07) is 5.74. The molecular weight excluding hydrogens is 378 g/mol. The van der Waals surface area contributed by atoms with Crippen molar-refractivity contribution in [2.45, 2.75) is 0 Å². The number of rotatable bonds is 4. The van der Waals surface area contributed by atoms with Gasteiger partial charge in [0.1, 0.15) is 15.9 Å². The summed E-state index contributed by atoms with van der Waals surface area (Å²) in [4.78, 5) is 11.8. The van der Waals surface area contributed by atoms with Crippen LogP contribution < -0.4 is 4.74 Å². The third-order valence-corrected chi connectivity index (χ3v) is 4.35. The van der Waals surface area contributed by atoms with Crippen LogP contribution in [0.4, 0.5) is 4.39 Å². The van der Waals surface area contributed by atoms with Crippen molar-refractivity contribution in [2.75, 3.05) is 6.61 Å². The van der Waals surface area contributed by atoms with Crippen LogP contribution in [0.5, 0.6) is 5.75 Å². The highest BCUT2D eigenvalue weighted by molar-refractivity contribution is 9.10. The number of carbonyl (C=O) groups excluding carboxylic acids is 1. The number of hydrogen-bond donors (Lipinski definition) is 0. The van der Waals surface area contributed by atoms with E-state index in [0.717, 1.165) is 11.3 Å². The van der Waals surface area contributed by atoms with Gasteiger partial charge in [-0.25, -0.2) is 4.39 Å². The third kappa shape index (κ3) is 3.69. The minimum absolute atomic E-state index is 0.228. The largest absolute Gasteiger partial charge is 0.485 e. The van der Waals surface area contributed by atoms with E-state index in [1.807, 2.05) is 0 Å². The number of Topliss-reactive ketones (excluding diaryl/α,β-unsaturated/α-hetero) is 1. The van der Waals surface area contributed by atoms with Crippen LogP contribution in [0.2, 0.25) is 8.67 Å². The molecule has 100 valence electrons. The number of thiophene rings is 1. The Morgan fingerprint density at radius 1 is 1.37 bits per heavy atom. The number of ether oxygens (including phenoxy) is 1. The maximum atomic E-state index is 13.2. The molecule has 2 nitrogen and oxygen atoms in total. The molecule has 0 amide bonds. The smallest absolute Gasteiger partial charge is 0.202 e. The summed E-state index contributed by atoms with van der Waals surface area (Å²) < 4.78 is 19.5. The molecule has 19 heavy (non-hydrogen) atoms. The average Bonchev–Trinajstić information content (AvgIpc) is 2.70. The van der Waals surface area contributed by atoms with Crippen LogP contribution in [0.25, 0.3) is 0 Å². The number of benzene rings is 1. The summed E-state index contributed by atoms with van der Waals surface area (Å²) in [5.74, 6) is -0.496. The summed E-state index contributed by atoms with van der Waals surface area (Å²) in [5.41, 5.74) is 0.314. The van der Waals surface area contributed by atoms with Crippen molar-refractivity contribution in [2.24, 2.45) is 0 Å². The van der Waals surface area contributed by atoms with Gasteiger partial charge < -0.3 is 4.74 Å². The van der Waals surface area contributed by atoms with Gasteiger partial charge in [0.2, 0.25) is 5.78 Å². The normalized spacial score (nSPS) is 10.5. The van der Waals surface area contributed by atoms with E-state index < -0.39 is 5.82 Å². The van der Waals surface area contributed by atoms with Gasteiger partial charge in [-0.3, -0.25) is 4.79 Å². The molecule has 0 radical (unpaired) electrons. The van der Waals surface area contributed by atoms with Gasteiger partial charge in [0.05, 0.1) is 14.4 Å². The summed E-state index contributed by atoms with van der Waals surface area (Å²) in [6.07, 6.45) is 0. The van der Waals surface area contributed by atoms with Gasteiger partial charge in [0, 0.05) is 6.07 Å². The number of halogens is 4. The van der Waals surface area contributed by atoms with Crippen LogP contribution in [-0.2, 0) is 0 Å². The molecule has 2 rings (SSSR count). The zero-order chi connectivity index (χ0) is 14.0. The fourth-order valence-electron chi connectivity index (χ4n) is 1.32. The Hall–Kier alpha value is -0.620. The minimum Gasteiger partial charge on any atom is -0.485 e. The van der Waals surface area contributed by atoms with Crippen LogP contribution in [0.3, 0.4) is 0 Å². The van der Waals surface area contributed by atoms with Crippen molar-refractivity contribution >= 4 is 56.3 Å². The molecule has 0 fully saturated rings. The second-order valence-electron chi connectivity index (χ2n) is 3.53. The maximum absolute atomic E-state index is 13.2. The lowest BCUT2D eigenvalue weighted by molar-refractivity contribution is 0.0922. The molecule has 0 saturated carbocycles. The van der Waals surface area contributed by atoms with E-state index in [0.29, 0.717) is 18.7 Å². The Balaban J connectivity index is 2.04. The van der Waals surface area contributed by atoms with Gasteiger partial charge in [0.25, 0.3) is 0 Å². The van der Waals surface area contributed by atoms with Crippen molar-refractivity contribution in [1.29, 1.82) is 0 Å². The molecule has 1 heterocycles. The number of carbonyl (C=O) groups is 1. The molecule has 0 aliphatic rings. The predicted octanol–water partition coefficient (Wildman–Crippen LogP) is 5.22. The van der Waals surface area contributed by atoms with E-state index in [9.17, 15) is 9.18 Å². The topological polar surface area (TPSA) is 26.3 Å². The fraction of sp³-hybridized carbons (Fsp3) is 0.0833. The predicted molar refractivity (Wildman–Crippen MR) is 78.3 cm³/mol. The summed E-state index contributed by atoms with van der Waals surface area (Å²) in [7, 11) is 0. The van der Waals surface area contributed by atoms with Crippen LogP contribution in [-0.4, -0.2) is 12.4 Å². The third-order valence-electron chi connectivity index (χ3n) is 2.22. The van der Waals surface area contributed by atoms with Crippen molar-refractivity contribution in [1.82, 2.24) is 0 Å². The van der Waals surface area contributed by atoms with E-state index in [2.05, 4.69) is 15.9 Å². The van der Waals surface area contributed by atoms with Gasteiger partial charge in [-0.2, -0.15) is 0 Å². The van der Waals surface area contributed by atoms with E-state index in [1.165, 1.54) is 18.2 Å². The van der Waals surface area contributed by atoms with Crippen molar-refractivity contribution in [3.63, 3.8) is 0 Å². The molecule has 0 spiro atoms. The molecule has 0 bridgehead atoms. The minimum atomic E-state index is -0.457. The van der Waals surface area contributed by atoms with E-state index in [1.54, 1.807) is 6.07 Å². The molecule has 7 heteroatoms. The highest BCUT2D eigenvalue weighted by atomic mass is 79.9. The van der Waals surface area contributed by atoms with Gasteiger partial charge in [-0.1, -0.05) is 23.2 Å². The summed E-state index contributed by atoms with van der Waals surface area (Å²) in [5, 5.41) is 0. The first kappa shape index (κ1) is 14.8. The molecule has 2 aromatic rings. The van der Waals surface area contributed by atoms with E-state index >= 15 is 0 Å². The maximum Gasteiger partial charge on any atom is 0.202 e. The first-order valence-corrected chi connectivity index (χ1v) is 7.40. The van der Waals surface area contributed by atoms with Crippen molar-refractivity contribution in [3.05, 3.63) is 48.8 Å². The average molecular weight is 384 g/mol. The SMILES string of the molecule is O=C(COc1ccc(Br)c(F)c1)c1cc(Cl)sc1Cl. The molecule has 1 aromatic heterocycles. The van der Waals surface area contributed by atoms with Crippen molar-refractivity contribution in [3.8, 4) is 5.75 Å². The standard InChI is InChI=1S/C12H6BrCl2FO2S/c13-8-2-1-6(3-9(8)16)18-5-10(17)7-4-11(14)19-12(7)15/h1-4H,5H2. The quantitative estimate of drug-likeness (QED) is 0.676. The molecular formula is C12H6BrCl2FO2S. The molecule has 0 N–H and O–H groups in total. The Labute approximate surface area is 131 Å². The highest BCUT2D eigenvalue weighted by Crippen LogP contribution is 2.31. The molecule has 0 aliphatic heterocycles. The Morgan fingerprint density at radius 2 is 2.11 bits per heavy atom. The lowest BCUT2D eigenvalue weighted by Crippen LogP contribution is -2.11. The lowest BCUT2D eigenvalue weighted by Gasteiger charge is -2.05. The van der Waals surface area contributed by atoms with Crippen LogP contribution in [0.1, 0.15) is 10.4 Å². The van der Waals surface area contributed by atoms with Crippen LogP contribution in [0.15, 0.2) is 28.7 Å². The summed E-state index contributed by atoms with van der Waals surface area (Å²) in [6.45, 7) is -0.228. The number of hydrogen-bond acceptors (Lipinski definition) is 3. The molecule has 1 aromatic carbocycles. The highest BCUT2D eigenvalue weighted by Gasteiger charge is 2.15. The summed E-state index contributed by atoms with van der Waals surface area (Å²) >= 11 is 15.8. The molecule has 0 unspecified atom stereocenters. The first-order valence-electron chi connectivity index (χ1n) is 5.03. The Morgan fingerprint density at radius 3 is 2.68 bits per heavy atom. The van der Waals surface area contributed by atoms with Gasteiger partial charge in [0.15, 0.2) is 6.61 Å². The fourth-order valence-corrected chi connectivity index (χ4v) is 3.07. The molecule has 0 aliphatic carbocycles. The monoisotopic (exact) mass is 382 g/mol. The van der Waals surface area contributed by atoms with Gasteiger partial charge in [-0.15, -0.1) is 11.3 Å². The Bertz CT molecular complexity index is 630. The van der Waals surface area contributed by atoms with Crippen LogP contribution >= 0.6 is 50.5 Å². The van der Waals surface area contributed by atoms with Gasteiger partial charge in [-0.05, 0) is 34.1 Å². The second-order valence-corrected chi connectivity index (χ2v) is 6.67. The first-order chi connectivity index (χ1) is 8.97. The molecule has 0 saturated heterocycles. The van der Waals surface area contributed by atoms with Crippen molar-refractivity contribution < 1.29 is 13.9 Å². The number of ketones is 1. The van der Waals surface area contributed by atoms with E-state index in [-0.39, 0.29) is 18.1 Å².